The zero-order valence-corrected chi connectivity index (χ0v) is 14.5. The van der Waals surface area contributed by atoms with Crippen LogP contribution in [0.4, 0.5) is 0 Å². The van der Waals surface area contributed by atoms with Crippen LogP contribution in [0.2, 0.25) is 0 Å². The van der Waals surface area contributed by atoms with Crippen molar-refractivity contribution >= 4 is 27.3 Å². The van der Waals surface area contributed by atoms with Gasteiger partial charge in [-0.1, -0.05) is 0 Å². The van der Waals surface area contributed by atoms with Crippen molar-refractivity contribution in [3.05, 3.63) is 50.9 Å². The molecule has 3 rings (SSSR count). The number of hydrogen-bond acceptors (Lipinski definition) is 4. The van der Waals surface area contributed by atoms with Crippen LogP contribution in [0.5, 0.6) is 0 Å². The SMILES string of the molecule is CC(N)C(c1ccc(Br)s1)N1CCCC1c1ccncc1. The van der Waals surface area contributed by atoms with E-state index in [1.807, 2.05) is 12.4 Å². The predicted molar refractivity (Wildman–Crippen MR) is 91.3 cm³/mol. The molecule has 21 heavy (non-hydrogen) atoms. The molecule has 2 aromatic heterocycles. The maximum atomic E-state index is 6.34. The number of likely N-dealkylation sites (tertiary alicyclic amines) is 1. The zero-order valence-electron chi connectivity index (χ0n) is 12.1. The molecule has 0 aromatic carbocycles. The van der Waals surface area contributed by atoms with Crippen molar-refractivity contribution < 1.29 is 0 Å². The molecule has 1 saturated heterocycles. The van der Waals surface area contributed by atoms with Crippen LogP contribution in [-0.2, 0) is 0 Å². The van der Waals surface area contributed by atoms with E-state index in [1.54, 1.807) is 11.3 Å². The highest BCUT2D eigenvalue weighted by Crippen LogP contribution is 2.41. The summed E-state index contributed by atoms with van der Waals surface area (Å²) in [5.74, 6) is 0. The molecular formula is C16H20BrN3S. The van der Waals surface area contributed by atoms with E-state index >= 15 is 0 Å². The van der Waals surface area contributed by atoms with Crippen LogP contribution in [0, 0.1) is 0 Å². The quantitative estimate of drug-likeness (QED) is 0.885. The highest BCUT2D eigenvalue weighted by molar-refractivity contribution is 9.11. The lowest BCUT2D eigenvalue weighted by Gasteiger charge is -2.35. The van der Waals surface area contributed by atoms with Crippen LogP contribution in [0.1, 0.15) is 42.3 Å². The number of nitrogens with two attached hydrogens (primary N) is 1. The van der Waals surface area contributed by atoms with Gasteiger partial charge >= 0.3 is 0 Å². The molecule has 0 amide bonds. The molecule has 3 heterocycles. The Hall–Kier alpha value is -0.750. The molecule has 0 saturated carbocycles. The van der Waals surface area contributed by atoms with Crippen molar-refractivity contribution in [2.45, 2.75) is 37.9 Å². The molecule has 112 valence electrons. The molecule has 0 aliphatic carbocycles. The first-order chi connectivity index (χ1) is 10.2. The van der Waals surface area contributed by atoms with E-state index in [4.69, 9.17) is 5.73 Å². The first-order valence-electron chi connectivity index (χ1n) is 7.33. The van der Waals surface area contributed by atoms with E-state index in [-0.39, 0.29) is 12.1 Å². The minimum atomic E-state index is 0.109. The number of hydrogen-bond donors (Lipinski definition) is 1. The summed E-state index contributed by atoms with van der Waals surface area (Å²) in [6.45, 7) is 3.22. The van der Waals surface area contributed by atoms with Crippen molar-refractivity contribution in [1.82, 2.24) is 9.88 Å². The van der Waals surface area contributed by atoms with Crippen molar-refractivity contribution in [3.8, 4) is 0 Å². The maximum absolute atomic E-state index is 6.34. The second-order valence-corrected chi connectivity index (χ2v) is 8.12. The molecule has 0 radical (unpaired) electrons. The smallest absolute Gasteiger partial charge is 0.0702 e. The first kappa shape index (κ1) is 15.2. The van der Waals surface area contributed by atoms with Gasteiger partial charge in [-0.3, -0.25) is 9.88 Å². The molecular weight excluding hydrogens is 346 g/mol. The molecule has 3 unspecified atom stereocenters. The van der Waals surface area contributed by atoms with Crippen molar-refractivity contribution in [1.29, 1.82) is 0 Å². The third-order valence-corrected chi connectivity index (χ3v) is 5.82. The summed E-state index contributed by atoms with van der Waals surface area (Å²) in [5, 5.41) is 0. The van der Waals surface area contributed by atoms with Crippen molar-refractivity contribution in [2.24, 2.45) is 5.73 Å². The Morgan fingerprint density at radius 1 is 1.33 bits per heavy atom. The van der Waals surface area contributed by atoms with E-state index in [1.165, 1.54) is 27.1 Å². The average Bonchev–Trinajstić information content (AvgIpc) is 3.10. The lowest BCUT2D eigenvalue weighted by molar-refractivity contribution is 0.163. The minimum Gasteiger partial charge on any atom is -0.326 e. The molecule has 2 aromatic rings. The third-order valence-electron chi connectivity index (χ3n) is 4.13. The van der Waals surface area contributed by atoms with Crippen molar-refractivity contribution in [3.63, 3.8) is 0 Å². The fraction of sp³-hybridized carbons (Fsp3) is 0.438. The number of halogens is 1. The van der Waals surface area contributed by atoms with E-state index in [9.17, 15) is 0 Å². The van der Waals surface area contributed by atoms with Gasteiger partial charge < -0.3 is 5.73 Å². The number of rotatable bonds is 4. The molecule has 1 aliphatic rings. The van der Waals surface area contributed by atoms with Crippen molar-refractivity contribution in [2.75, 3.05) is 6.54 Å². The van der Waals surface area contributed by atoms with Gasteiger partial charge in [0.25, 0.3) is 0 Å². The lowest BCUT2D eigenvalue weighted by atomic mass is 10.0. The van der Waals surface area contributed by atoms with Gasteiger partial charge in [0.1, 0.15) is 0 Å². The number of nitrogens with zero attached hydrogens (tertiary/aromatic N) is 2. The summed E-state index contributed by atoms with van der Waals surface area (Å²) < 4.78 is 1.17. The third kappa shape index (κ3) is 3.21. The van der Waals surface area contributed by atoms with Crippen LogP contribution in [0.15, 0.2) is 40.4 Å². The number of aromatic nitrogens is 1. The summed E-state index contributed by atoms with van der Waals surface area (Å²) in [7, 11) is 0. The van der Waals surface area contributed by atoms with Gasteiger partial charge in [-0.25, -0.2) is 0 Å². The van der Waals surface area contributed by atoms with Gasteiger partial charge in [0.15, 0.2) is 0 Å². The Morgan fingerprint density at radius 3 is 2.71 bits per heavy atom. The Kier molecular flexibility index (Phi) is 4.74. The largest absolute Gasteiger partial charge is 0.326 e. The maximum Gasteiger partial charge on any atom is 0.0702 e. The summed E-state index contributed by atoms with van der Waals surface area (Å²) >= 11 is 5.36. The summed E-state index contributed by atoms with van der Waals surface area (Å²) in [5.41, 5.74) is 7.69. The Balaban J connectivity index is 1.91. The first-order valence-corrected chi connectivity index (χ1v) is 8.94. The number of pyridine rings is 1. The van der Waals surface area contributed by atoms with Gasteiger partial charge in [0.05, 0.1) is 9.83 Å². The van der Waals surface area contributed by atoms with Crippen LogP contribution in [0.25, 0.3) is 0 Å². The standard InChI is InChI=1S/C16H20BrN3S/c1-11(18)16(14-4-5-15(17)21-14)20-10-2-3-13(20)12-6-8-19-9-7-12/h4-9,11,13,16H,2-3,10,18H2,1H3. The van der Waals surface area contributed by atoms with Gasteiger partial charge in [0.2, 0.25) is 0 Å². The highest BCUT2D eigenvalue weighted by atomic mass is 79.9. The van der Waals surface area contributed by atoms with Crippen LogP contribution in [-0.4, -0.2) is 22.5 Å². The molecule has 0 spiro atoms. The fourth-order valence-electron chi connectivity index (χ4n) is 3.28. The van der Waals surface area contributed by atoms with E-state index in [0.717, 1.165) is 6.54 Å². The van der Waals surface area contributed by atoms with Gasteiger partial charge in [-0.05, 0) is 72.1 Å². The Bertz CT molecular complexity index is 584. The van der Waals surface area contributed by atoms with Crippen LogP contribution in [0.3, 0.4) is 0 Å². The minimum absolute atomic E-state index is 0.109. The van der Waals surface area contributed by atoms with Crippen LogP contribution < -0.4 is 5.73 Å². The molecule has 3 nitrogen and oxygen atoms in total. The topological polar surface area (TPSA) is 42.1 Å². The number of thiophene rings is 1. The van der Waals surface area contributed by atoms with Gasteiger partial charge in [-0.2, -0.15) is 0 Å². The summed E-state index contributed by atoms with van der Waals surface area (Å²) in [6.07, 6.45) is 6.19. The second kappa shape index (κ2) is 6.57. The molecule has 0 bridgehead atoms. The average molecular weight is 366 g/mol. The Labute approximate surface area is 138 Å². The van der Waals surface area contributed by atoms with E-state index < -0.39 is 0 Å². The molecule has 2 N–H and O–H groups in total. The van der Waals surface area contributed by atoms with E-state index in [0.29, 0.717) is 6.04 Å². The molecule has 1 aliphatic heterocycles. The normalized spacial score (nSPS) is 22.3. The summed E-state index contributed by atoms with van der Waals surface area (Å²) in [4.78, 5) is 8.05. The molecule has 3 atom stereocenters. The molecule has 1 fully saturated rings. The Morgan fingerprint density at radius 2 is 2.10 bits per heavy atom. The predicted octanol–water partition coefficient (Wildman–Crippen LogP) is 4.13. The second-order valence-electron chi connectivity index (χ2n) is 5.62. The molecule has 5 heteroatoms. The van der Waals surface area contributed by atoms with Gasteiger partial charge in [-0.15, -0.1) is 11.3 Å². The summed E-state index contributed by atoms with van der Waals surface area (Å²) in [6, 6.07) is 9.42. The zero-order chi connectivity index (χ0) is 14.8. The lowest BCUT2D eigenvalue weighted by Crippen LogP contribution is -2.38. The fourth-order valence-corrected chi connectivity index (χ4v) is 4.94. The van der Waals surface area contributed by atoms with Gasteiger partial charge in [0, 0.05) is 29.4 Å². The van der Waals surface area contributed by atoms with E-state index in [2.05, 4.69) is 57.0 Å². The van der Waals surface area contributed by atoms with Crippen LogP contribution >= 0.6 is 27.3 Å². The monoisotopic (exact) mass is 365 g/mol. The highest BCUT2D eigenvalue weighted by Gasteiger charge is 2.35.